The predicted octanol–water partition coefficient (Wildman–Crippen LogP) is 5.44. The van der Waals surface area contributed by atoms with E-state index in [9.17, 15) is 27.6 Å². The van der Waals surface area contributed by atoms with Crippen LogP contribution in [0.1, 0.15) is 52.1 Å². The third-order valence-electron chi connectivity index (χ3n) is 5.75. The van der Waals surface area contributed by atoms with Crippen LogP contribution in [0.3, 0.4) is 0 Å². The van der Waals surface area contributed by atoms with Crippen LogP contribution in [0.4, 0.5) is 18.9 Å². The predicted molar refractivity (Wildman–Crippen MR) is 122 cm³/mol. The van der Waals surface area contributed by atoms with Gasteiger partial charge in [0.2, 0.25) is 0 Å². The SMILES string of the molecule is CCCc1c2c(c(OC(F)F)c3ccccc13)C(=O)N(c1ccc(CC(=O)OCC)c(F)c1)C2=O. The first-order valence-corrected chi connectivity index (χ1v) is 11.1. The van der Waals surface area contributed by atoms with Gasteiger partial charge in [-0.2, -0.15) is 8.78 Å². The van der Waals surface area contributed by atoms with E-state index in [0.717, 1.165) is 11.0 Å². The van der Waals surface area contributed by atoms with Crippen LogP contribution in [-0.2, 0) is 22.4 Å². The fourth-order valence-corrected chi connectivity index (χ4v) is 4.38. The third kappa shape index (κ3) is 4.34. The first kappa shape index (κ1) is 24.3. The monoisotopic (exact) mass is 485 g/mol. The minimum Gasteiger partial charge on any atom is -0.466 e. The van der Waals surface area contributed by atoms with Crippen molar-refractivity contribution in [1.82, 2.24) is 0 Å². The van der Waals surface area contributed by atoms with Gasteiger partial charge in [0.25, 0.3) is 11.8 Å². The fraction of sp³-hybridized carbons (Fsp3) is 0.269. The van der Waals surface area contributed by atoms with Crippen molar-refractivity contribution >= 4 is 34.2 Å². The van der Waals surface area contributed by atoms with E-state index in [2.05, 4.69) is 0 Å². The van der Waals surface area contributed by atoms with Gasteiger partial charge in [0.1, 0.15) is 11.6 Å². The number of anilines is 1. The Morgan fingerprint density at radius 1 is 1.00 bits per heavy atom. The van der Waals surface area contributed by atoms with Gasteiger partial charge in [0.15, 0.2) is 0 Å². The molecule has 0 N–H and O–H groups in total. The van der Waals surface area contributed by atoms with Crippen LogP contribution in [0.25, 0.3) is 10.8 Å². The van der Waals surface area contributed by atoms with Crippen molar-refractivity contribution in [1.29, 1.82) is 0 Å². The Kier molecular flexibility index (Phi) is 6.77. The van der Waals surface area contributed by atoms with E-state index in [-0.39, 0.29) is 46.5 Å². The number of carbonyl (C=O) groups is 3. The third-order valence-corrected chi connectivity index (χ3v) is 5.75. The lowest BCUT2D eigenvalue weighted by Gasteiger charge is -2.16. The molecule has 35 heavy (non-hydrogen) atoms. The highest BCUT2D eigenvalue weighted by molar-refractivity contribution is 6.37. The molecule has 1 aliphatic rings. The molecular formula is C26H22F3NO5. The Labute approximate surface area is 199 Å². The number of alkyl halides is 2. The van der Waals surface area contributed by atoms with Gasteiger partial charge in [0.05, 0.1) is 29.8 Å². The number of carbonyl (C=O) groups excluding carboxylic acids is 3. The van der Waals surface area contributed by atoms with Crippen molar-refractivity contribution in [2.24, 2.45) is 0 Å². The smallest absolute Gasteiger partial charge is 0.387 e. The molecule has 2 amide bonds. The molecule has 0 atom stereocenters. The highest BCUT2D eigenvalue weighted by Crippen LogP contribution is 2.43. The maximum absolute atomic E-state index is 14.8. The number of hydrogen-bond acceptors (Lipinski definition) is 5. The second kappa shape index (κ2) is 9.77. The number of fused-ring (bicyclic) bond motifs is 2. The maximum Gasteiger partial charge on any atom is 0.387 e. The van der Waals surface area contributed by atoms with E-state index in [1.165, 1.54) is 12.1 Å². The summed E-state index contributed by atoms with van der Waals surface area (Å²) in [6.07, 6.45) is 0.724. The molecule has 4 rings (SSSR count). The number of rotatable bonds is 8. The maximum atomic E-state index is 14.8. The van der Waals surface area contributed by atoms with E-state index in [4.69, 9.17) is 9.47 Å². The number of esters is 1. The van der Waals surface area contributed by atoms with Gasteiger partial charge in [0, 0.05) is 5.39 Å². The largest absolute Gasteiger partial charge is 0.466 e. The van der Waals surface area contributed by atoms with Crippen LogP contribution < -0.4 is 9.64 Å². The Hall–Kier alpha value is -3.88. The normalized spacial score (nSPS) is 13.0. The Balaban J connectivity index is 1.86. The summed E-state index contributed by atoms with van der Waals surface area (Å²) < 4.78 is 51.1. The molecule has 3 aromatic rings. The molecule has 0 radical (unpaired) electrons. The minimum atomic E-state index is -3.23. The van der Waals surface area contributed by atoms with Crippen LogP contribution >= 0.6 is 0 Å². The summed E-state index contributed by atoms with van der Waals surface area (Å²) in [5, 5.41) is 0.816. The van der Waals surface area contributed by atoms with Gasteiger partial charge < -0.3 is 9.47 Å². The van der Waals surface area contributed by atoms with Crippen LogP contribution in [-0.4, -0.2) is 31.0 Å². The summed E-state index contributed by atoms with van der Waals surface area (Å²) in [5.74, 6) is -3.46. The lowest BCUT2D eigenvalue weighted by atomic mass is 9.91. The van der Waals surface area contributed by atoms with Crippen LogP contribution in [0.5, 0.6) is 5.75 Å². The molecule has 1 aliphatic heterocycles. The Morgan fingerprint density at radius 2 is 1.69 bits per heavy atom. The molecule has 0 unspecified atom stereocenters. The molecule has 0 fully saturated rings. The molecule has 0 bridgehead atoms. The van der Waals surface area contributed by atoms with E-state index in [0.29, 0.717) is 23.8 Å². The summed E-state index contributed by atoms with van der Waals surface area (Å²) in [6, 6.07) is 10.1. The van der Waals surface area contributed by atoms with Gasteiger partial charge in [-0.3, -0.25) is 14.4 Å². The molecule has 1 heterocycles. The topological polar surface area (TPSA) is 72.9 Å². The molecule has 0 aromatic heterocycles. The lowest BCUT2D eigenvalue weighted by Crippen LogP contribution is -2.29. The minimum absolute atomic E-state index is 0.0257. The van der Waals surface area contributed by atoms with E-state index >= 15 is 0 Å². The highest BCUT2D eigenvalue weighted by atomic mass is 19.3. The Bertz CT molecular complexity index is 1340. The lowest BCUT2D eigenvalue weighted by molar-refractivity contribution is -0.142. The van der Waals surface area contributed by atoms with Gasteiger partial charge >= 0.3 is 12.6 Å². The van der Waals surface area contributed by atoms with E-state index in [1.54, 1.807) is 31.2 Å². The molecule has 0 saturated heterocycles. The number of benzene rings is 3. The number of halogens is 3. The molecule has 0 spiro atoms. The molecule has 182 valence electrons. The van der Waals surface area contributed by atoms with Crippen molar-refractivity contribution in [3.8, 4) is 5.75 Å². The molecule has 3 aromatic carbocycles. The van der Waals surface area contributed by atoms with Crippen molar-refractivity contribution < 1.29 is 37.0 Å². The molecular weight excluding hydrogens is 463 g/mol. The van der Waals surface area contributed by atoms with Gasteiger partial charge in [-0.25, -0.2) is 9.29 Å². The zero-order chi connectivity index (χ0) is 25.3. The number of aryl methyl sites for hydroxylation is 1. The average molecular weight is 485 g/mol. The van der Waals surface area contributed by atoms with Crippen molar-refractivity contribution in [3.63, 3.8) is 0 Å². The number of imide groups is 1. The first-order chi connectivity index (χ1) is 16.8. The molecule has 0 aliphatic carbocycles. The molecule has 6 nitrogen and oxygen atoms in total. The Morgan fingerprint density at radius 3 is 2.31 bits per heavy atom. The number of ether oxygens (including phenoxy) is 2. The zero-order valence-electron chi connectivity index (χ0n) is 19.1. The summed E-state index contributed by atoms with van der Waals surface area (Å²) in [6.45, 7) is 0.435. The van der Waals surface area contributed by atoms with Crippen LogP contribution in [0.15, 0.2) is 42.5 Å². The molecule has 0 saturated carbocycles. The number of hydrogen-bond donors (Lipinski definition) is 0. The van der Waals surface area contributed by atoms with Gasteiger partial charge in [-0.05, 0) is 42.0 Å². The highest BCUT2D eigenvalue weighted by Gasteiger charge is 2.43. The van der Waals surface area contributed by atoms with E-state index < -0.39 is 30.2 Å². The van der Waals surface area contributed by atoms with Gasteiger partial charge in [-0.1, -0.05) is 43.7 Å². The van der Waals surface area contributed by atoms with Crippen LogP contribution in [0, 0.1) is 5.82 Å². The number of amides is 2. The zero-order valence-corrected chi connectivity index (χ0v) is 19.1. The number of nitrogens with zero attached hydrogens (tertiary/aromatic N) is 1. The van der Waals surface area contributed by atoms with Crippen molar-refractivity contribution in [2.45, 2.75) is 39.7 Å². The second-order valence-corrected chi connectivity index (χ2v) is 7.93. The van der Waals surface area contributed by atoms with Gasteiger partial charge in [-0.15, -0.1) is 0 Å². The fourth-order valence-electron chi connectivity index (χ4n) is 4.38. The standard InChI is InChI=1S/C26H22F3NO5/c1-3-7-17-16-8-5-6-9-18(16)23(35-26(28)29)22-21(17)24(32)30(25(22)33)15-11-10-14(19(27)13-15)12-20(31)34-4-2/h5-6,8-11,13,26H,3-4,7,12H2,1-2H3. The summed E-state index contributed by atoms with van der Waals surface area (Å²) in [4.78, 5) is 39.4. The van der Waals surface area contributed by atoms with Crippen LogP contribution in [0.2, 0.25) is 0 Å². The average Bonchev–Trinajstić information content (AvgIpc) is 3.07. The summed E-state index contributed by atoms with van der Waals surface area (Å²) in [7, 11) is 0. The first-order valence-electron chi connectivity index (χ1n) is 11.1. The van der Waals surface area contributed by atoms with Crippen molar-refractivity contribution in [3.05, 3.63) is 70.5 Å². The quantitative estimate of drug-likeness (QED) is 0.314. The van der Waals surface area contributed by atoms with E-state index in [1.807, 2.05) is 6.92 Å². The second-order valence-electron chi connectivity index (χ2n) is 7.93. The summed E-state index contributed by atoms with van der Waals surface area (Å²) in [5.41, 5.74) is 0.189. The summed E-state index contributed by atoms with van der Waals surface area (Å²) >= 11 is 0. The van der Waals surface area contributed by atoms with Crippen molar-refractivity contribution in [2.75, 3.05) is 11.5 Å². The molecule has 9 heteroatoms.